The maximum atomic E-state index is 12.8. The van der Waals surface area contributed by atoms with Crippen molar-refractivity contribution in [2.75, 3.05) is 0 Å². The zero-order chi connectivity index (χ0) is 16.6. The Balaban J connectivity index is 5.65. The highest BCUT2D eigenvalue weighted by molar-refractivity contribution is 5.79. The van der Waals surface area contributed by atoms with Crippen LogP contribution in [0.15, 0.2) is 0 Å². The summed E-state index contributed by atoms with van der Waals surface area (Å²) < 4.78 is 81.5. The lowest BCUT2D eigenvalue weighted by Crippen LogP contribution is -2.56. The van der Waals surface area contributed by atoms with Crippen LogP contribution in [0.2, 0.25) is 0 Å². The molecule has 0 aliphatic rings. The molecule has 0 N–H and O–H groups in total. The highest BCUT2D eigenvalue weighted by atomic mass is 19.4. The van der Waals surface area contributed by atoms with E-state index in [0.717, 1.165) is 0 Å². The summed E-state index contributed by atoms with van der Waals surface area (Å²) in [7, 11) is 0. The van der Waals surface area contributed by atoms with Crippen LogP contribution in [0, 0.1) is 10.8 Å². The number of esters is 1. The van der Waals surface area contributed by atoms with E-state index in [-0.39, 0.29) is 0 Å². The third kappa shape index (κ3) is 3.38. The minimum Gasteiger partial charge on any atom is -0.461 e. The summed E-state index contributed by atoms with van der Waals surface area (Å²) >= 11 is 0. The van der Waals surface area contributed by atoms with Gasteiger partial charge in [0.25, 0.3) is 5.41 Å². The van der Waals surface area contributed by atoms with Gasteiger partial charge in [0.05, 0.1) is 0 Å². The number of halogens is 6. The third-order valence-electron chi connectivity index (χ3n) is 3.35. The highest BCUT2D eigenvalue weighted by Crippen LogP contribution is 2.53. The molecule has 0 saturated carbocycles. The fraction of sp³-hybridized carbons (Fsp3) is 0.917. The van der Waals surface area contributed by atoms with Crippen LogP contribution in [0.5, 0.6) is 0 Å². The molecule has 0 amide bonds. The van der Waals surface area contributed by atoms with E-state index in [2.05, 4.69) is 4.74 Å². The molecule has 0 aliphatic heterocycles. The van der Waals surface area contributed by atoms with Crippen molar-refractivity contribution in [3.8, 4) is 0 Å². The number of ether oxygens (including phenoxy) is 1. The molecule has 0 heterocycles. The molecule has 0 aromatic heterocycles. The Morgan fingerprint density at radius 3 is 1.55 bits per heavy atom. The molecule has 0 saturated heterocycles. The minimum atomic E-state index is -5.77. The van der Waals surface area contributed by atoms with Crippen LogP contribution < -0.4 is 0 Å². The van der Waals surface area contributed by atoms with Crippen LogP contribution in [-0.4, -0.2) is 24.4 Å². The lowest BCUT2D eigenvalue weighted by Gasteiger charge is -2.36. The van der Waals surface area contributed by atoms with Gasteiger partial charge in [-0.15, -0.1) is 0 Å². The number of alkyl halides is 6. The Morgan fingerprint density at radius 1 is 1.00 bits per heavy atom. The first-order chi connectivity index (χ1) is 8.61. The highest BCUT2D eigenvalue weighted by Gasteiger charge is 2.75. The zero-order valence-corrected chi connectivity index (χ0v) is 11.9. The van der Waals surface area contributed by atoms with Gasteiger partial charge in [-0.3, -0.25) is 4.79 Å². The molecular weight excluding hydrogens is 290 g/mol. The van der Waals surface area contributed by atoms with Crippen molar-refractivity contribution in [3.63, 3.8) is 0 Å². The van der Waals surface area contributed by atoms with Crippen LogP contribution in [0.4, 0.5) is 26.3 Å². The van der Waals surface area contributed by atoms with Gasteiger partial charge in [-0.2, -0.15) is 26.3 Å². The van der Waals surface area contributed by atoms with Crippen molar-refractivity contribution < 1.29 is 35.9 Å². The van der Waals surface area contributed by atoms with E-state index in [4.69, 9.17) is 0 Å². The van der Waals surface area contributed by atoms with Gasteiger partial charge >= 0.3 is 18.3 Å². The molecule has 8 heteroatoms. The van der Waals surface area contributed by atoms with Gasteiger partial charge in [-0.05, 0) is 18.8 Å². The fourth-order valence-electron chi connectivity index (χ4n) is 1.38. The summed E-state index contributed by atoms with van der Waals surface area (Å²) in [6, 6.07) is 0. The topological polar surface area (TPSA) is 26.3 Å². The fourth-order valence-corrected chi connectivity index (χ4v) is 1.38. The predicted octanol–water partition coefficient (Wildman–Crippen LogP) is 4.49. The van der Waals surface area contributed by atoms with Gasteiger partial charge in [0.1, 0.15) is 6.10 Å². The van der Waals surface area contributed by atoms with Crippen LogP contribution in [0.3, 0.4) is 0 Å². The summed E-state index contributed by atoms with van der Waals surface area (Å²) in [5, 5.41) is 0. The molecule has 0 radical (unpaired) electrons. The molecule has 0 unspecified atom stereocenters. The van der Waals surface area contributed by atoms with Crippen LogP contribution >= 0.6 is 0 Å². The first-order valence-corrected chi connectivity index (χ1v) is 5.95. The van der Waals surface area contributed by atoms with Crippen molar-refractivity contribution in [3.05, 3.63) is 0 Å². The van der Waals surface area contributed by atoms with Crippen LogP contribution in [0.1, 0.15) is 41.0 Å². The van der Waals surface area contributed by atoms with Gasteiger partial charge in [-0.25, -0.2) is 0 Å². The lowest BCUT2D eigenvalue weighted by molar-refractivity contribution is -0.335. The lowest BCUT2D eigenvalue weighted by atomic mass is 9.82. The second-order valence-electron chi connectivity index (χ2n) is 5.67. The SMILES string of the molecule is CCC(C(=O)O[C@H](C)C(C)(C)C)(C(F)(F)F)C(F)(F)F. The summed E-state index contributed by atoms with van der Waals surface area (Å²) in [5.74, 6) is -2.30. The molecule has 0 bridgehead atoms. The van der Waals surface area contributed by atoms with Crippen molar-refractivity contribution in [1.29, 1.82) is 0 Å². The van der Waals surface area contributed by atoms with E-state index in [1.807, 2.05) is 0 Å². The van der Waals surface area contributed by atoms with Crippen molar-refractivity contribution in [1.82, 2.24) is 0 Å². The minimum absolute atomic E-state index is 0.657. The molecule has 20 heavy (non-hydrogen) atoms. The van der Waals surface area contributed by atoms with E-state index in [1.54, 1.807) is 20.8 Å². The zero-order valence-electron chi connectivity index (χ0n) is 11.9. The Kier molecular flexibility index (Phi) is 5.18. The molecule has 0 aromatic carbocycles. The van der Waals surface area contributed by atoms with Crippen LogP contribution in [0.25, 0.3) is 0 Å². The molecule has 0 fully saturated rings. The summed E-state index contributed by atoms with van der Waals surface area (Å²) in [4.78, 5) is 11.6. The van der Waals surface area contributed by atoms with Gasteiger partial charge in [0.15, 0.2) is 0 Å². The second kappa shape index (κ2) is 5.44. The first kappa shape index (κ1) is 19.1. The normalized spacial score (nSPS) is 15.9. The average molecular weight is 308 g/mol. The average Bonchev–Trinajstić information content (AvgIpc) is 2.12. The van der Waals surface area contributed by atoms with Crippen molar-refractivity contribution in [2.45, 2.75) is 59.5 Å². The largest absolute Gasteiger partial charge is 0.461 e. The van der Waals surface area contributed by atoms with E-state index in [0.29, 0.717) is 6.92 Å². The standard InChI is InChI=1S/C12H18F6O2/c1-6-10(11(13,14)15,12(16,17)18)8(19)20-7(2)9(3,4)5/h7H,6H2,1-5H3/t7-/m1/s1. The number of carbonyl (C=O) groups is 1. The smallest absolute Gasteiger partial charge is 0.413 e. The van der Waals surface area contributed by atoms with Gasteiger partial charge in [-0.1, -0.05) is 27.7 Å². The number of hydrogen-bond donors (Lipinski definition) is 0. The maximum Gasteiger partial charge on any atom is 0.413 e. The van der Waals surface area contributed by atoms with E-state index in [1.165, 1.54) is 6.92 Å². The Bertz CT molecular complexity index is 336. The molecule has 120 valence electrons. The summed E-state index contributed by atoms with van der Waals surface area (Å²) in [6.45, 7) is 6.54. The molecule has 0 spiro atoms. The number of carbonyl (C=O) groups excluding carboxylic acids is 1. The molecule has 0 rings (SSSR count). The Labute approximate surface area is 113 Å². The molecule has 0 aromatic rings. The Morgan fingerprint density at radius 2 is 1.35 bits per heavy atom. The number of rotatable bonds is 3. The monoisotopic (exact) mass is 308 g/mol. The van der Waals surface area contributed by atoms with E-state index >= 15 is 0 Å². The molecular formula is C12H18F6O2. The van der Waals surface area contributed by atoms with Crippen molar-refractivity contribution >= 4 is 5.97 Å². The van der Waals surface area contributed by atoms with Gasteiger partial charge in [0, 0.05) is 0 Å². The predicted molar refractivity (Wildman–Crippen MR) is 59.8 cm³/mol. The van der Waals surface area contributed by atoms with Crippen LogP contribution in [-0.2, 0) is 9.53 Å². The Hall–Kier alpha value is -0.950. The van der Waals surface area contributed by atoms with Gasteiger partial charge in [0.2, 0.25) is 0 Å². The molecule has 0 aliphatic carbocycles. The third-order valence-corrected chi connectivity index (χ3v) is 3.35. The summed E-state index contributed by atoms with van der Waals surface area (Å²) in [6.07, 6.45) is -14.1. The van der Waals surface area contributed by atoms with E-state index in [9.17, 15) is 31.1 Å². The summed E-state index contributed by atoms with van der Waals surface area (Å²) in [5.41, 5.74) is -5.26. The maximum absolute atomic E-state index is 12.8. The van der Waals surface area contributed by atoms with E-state index < -0.39 is 41.7 Å². The second-order valence-corrected chi connectivity index (χ2v) is 5.67. The van der Waals surface area contributed by atoms with Gasteiger partial charge < -0.3 is 4.74 Å². The number of hydrogen-bond acceptors (Lipinski definition) is 2. The van der Waals surface area contributed by atoms with Crippen molar-refractivity contribution in [2.24, 2.45) is 10.8 Å². The molecule has 2 nitrogen and oxygen atoms in total. The quantitative estimate of drug-likeness (QED) is 0.567. The molecule has 1 atom stereocenters. The first-order valence-electron chi connectivity index (χ1n) is 5.95.